The van der Waals surface area contributed by atoms with Crippen LogP contribution >= 0.6 is 23.2 Å². The normalized spacial score (nSPS) is 10.3. The number of hydrogen-bond donors (Lipinski definition) is 3. The zero-order valence-electron chi connectivity index (χ0n) is 15.1. The van der Waals surface area contributed by atoms with Crippen molar-refractivity contribution < 1.29 is 24.2 Å². The number of carbonyl (C=O) groups is 3. The van der Waals surface area contributed by atoms with Crippen molar-refractivity contribution in [3.63, 3.8) is 0 Å². The first-order chi connectivity index (χ1) is 13.1. The van der Waals surface area contributed by atoms with Gasteiger partial charge in [-0.25, -0.2) is 0 Å². The standard InChI is InChI=1S/C19H18Cl2N2O5/c1-10-3-12(5-13(4-10)22-11(2)24)9-28-19-15(20)6-14(7-16(19)21)23-17(25)8-18(26)27/h3-7H,8-9H2,1-2H3,(H,22,24)(H,23,25)(H,26,27). The van der Waals surface area contributed by atoms with Gasteiger partial charge >= 0.3 is 5.97 Å². The molecule has 0 fully saturated rings. The van der Waals surface area contributed by atoms with Gasteiger partial charge in [-0.05, 0) is 42.3 Å². The van der Waals surface area contributed by atoms with Crippen molar-refractivity contribution in [3.05, 3.63) is 51.5 Å². The van der Waals surface area contributed by atoms with Crippen molar-refractivity contribution in [3.8, 4) is 5.75 Å². The van der Waals surface area contributed by atoms with E-state index in [1.807, 2.05) is 19.1 Å². The molecule has 0 heterocycles. The molecule has 2 amide bonds. The summed E-state index contributed by atoms with van der Waals surface area (Å²) in [7, 11) is 0. The first kappa shape index (κ1) is 21.5. The van der Waals surface area contributed by atoms with Gasteiger partial charge in [0.05, 0.1) is 10.0 Å². The first-order valence-electron chi connectivity index (χ1n) is 8.15. The van der Waals surface area contributed by atoms with Crippen molar-refractivity contribution >= 4 is 52.4 Å². The number of carboxylic acid groups (broad SMARTS) is 1. The van der Waals surface area contributed by atoms with Crippen LogP contribution in [-0.4, -0.2) is 22.9 Å². The molecule has 2 rings (SSSR count). The Balaban J connectivity index is 2.12. The van der Waals surface area contributed by atoms with Crippen LogP contribution < -0.4 is 15.4 Å². The predicted molar refractivity (Wildman–Crippen MR) is 107 cm³/mol. The zero-order chi connectivity index (χ0) is 20.8. The van der Waals surface area contributed by atoms with Crippen molar-refractivity contribution in [2.24, 2.45) is 0 Å². The van der Waals surface area contributed by atoms with Gasteiger partial charge < -0.3 is 20.5 Å². The van der Waals surface area contributed by atoms with Gasteiger partial charge in [0.1, 0.15) is 13.0 Å². The number of hydrogen-bond acceptors (Lipinski definition) is 4. The summed E-state index contributed by atoms with van der Waals surface area (Å²) < 4.78 is 5.71. The smallest absolute Gasteiger partial charge is 0.312 e. The second-order valence-corrected chi connectivity index (χ2v) is 6.88. The van der Waals surface area contributed by atoms with Crippen molar-refractivity contribution in [2.45, 2.75) is 26.9 Å². The molecule has 0 spiro atoms. The van der Waals surface area contributed by atoms with Crippen LogP contribution in [-0.2, 0) is 21.0 Å². The highest BCUT2D eigenvalue weighted by Crippen LogP contribution is 2.36. The minimum absolute atomic E-state index is 0.151. The number of carbonyl (C=O) groups excluding carboxylic acids is 2. The Labute approximate surface area is 171 Å². The summed E-state index contributed by atoms with van der Waals surface area (Å²) in [6, 6.07) is 8.34. The number of nitrogens with one attached hydrogen (secondary N) is 2. The van der Waals surface area contributed by atoms with Gasteiger partial charge in [0.2, 0.25) is 11.8 Å². The van der Waals surface area contributed by atoms with E-state index < -0.39 is 18.3 Å². The summed E-state index contributed by atoms with van der Waals surface area (Å²) in [5, 5.41) is 14.1. The molecule has 0 aromatic heterocycles. The maximum atomic E-state index is 11.5. The van der Waals surface area contributed by atoms with Crippen LogP contribution in [0.5, 0.6) is 5.75 Å². The van der Waals surface area contributed by atoms with Gasteiger partial charge in [-0.1, -0.05) is 29.3 Å². The fraction of sp³-hybridized carbons (Fsp3) is 0.211. The maximum absolute atomic E-state index is 11.5. The van der Waals surface area contributed by atoms with E-state index in [-0.39, 0.29) is 34.0 Å². The molecule has 2 aromatic rings. The third-order valence-corrected chi connectivity index (χ3v) is 4.00. The molecule has 0 aliphatic rings. The SMILES string of the molecule is CC(=O)Nc1cc(C)cc(COc2c(Cl)cc(NC(=O)CC(=O)O)cc2Cl)c1. The molecule has 0 saturated heterocycles. The summed E-state index contributed by atoms with van der Waals surface area (Å²) in [6.07, 6.45) is -0.669. The number of amides is 2. The molecule has 0 unspecified atom stereocenters. The molecule has 9 heteroatoms. The molecular formula is C19H18Cl2N2O5. The van der Waals surface area contributed by atoms with E-state index in [1.54, 1.807) is 6.07 Å². The number of carboxylic acids is 1. The second-order valence-electron chi connectivity index (χ2n) is 6.06. The van der Waals surface area contributed by atoms with E-state index in [4.69, 9.17) is 33.0 Å². The number of anilines is 2. The Hall–Kier alpha value is -2.77. The number of ether oxygens (including phenoxy) is 1. The Kier molecular flexibility index (Phi) is 7.25. The monoisotopic (exact) mass is 424 g/mol. The first-order valence-corrected chi connectivity index (χ1v) is 8.91. The van der Waals surface area contributed by atoms with Gasteiger partial charge in [0, 0.05) is 18.3 Å². The highest BCUT2D eigenvalue weighted by Gasteiger charge is 2.14. The van der Waals surface area contributed by atoms with E-state index >= 15 is 0 Å². The minimum Gasteiger partial charge on any atom is -0.486 e. The van der Waals surface area contributed by atoms with Crippen LogP contribution in [0.1, 0.15) is 24.5 Å². The molecule has 0 aliphatic carbocycles. The van der Waals surface area contributed by atoms with E-state index in [0.29, 0.717) is 5.69 Å². The lowest BCUT2D eigenvalue weighted by Gasteiger charge is -2.13. The van der Waals surface area contributed by atoms with Gasteiger partial charge in [0.15, 0.2) is 5.75 Å². The van der Waals surface area contributed by atoms with Crippen LogP contribution in [0.3, 0.4) is 0 Å². The second kappa shape index (κ2) is 9.43. The van der Waals surface area contributed by atoms with Crippen LogP contribution in [0.25, 0.3) is 0 Å². The number of benzene rings is 2. The van der Waals surface area contributed by atoms with Crippen LogP contribution in [0.4, 0.5) is 11.4 Å². The zero-order valence-corrected chi connectivity index (χ0v) is 16.6. The third kappa shape index (κ3) is 6.44. The Bertz CT molecular complexity index is 908. The van der Waals surface area contributed by atoms with Gasteiger partial charge in [-0.3, -0.25) is 14.4 Å². The fourth-order valence-electron chi connectivity index (χ4n) is 2.49. The lowest BCUT2D eigenvalue weighted by Crippen LogP contribution is -2.15. The van der Waals surface area contributed by atoms with Crippen LogP contribution in [0.2, 0.25) is 10.0 Å². The minimum atomic E-state index is -1.24. The molecule has 28 heavy (non-hydrogen) atoms. The molecule has 0 atom stereocenters. The average molecular weight is 425 g/mol. The molecule has 7 nitrogen and oxygen atoms in total. The topological polar surface area (TPSA) is 105 Å². The molecule has 2 aromatic carbocycles. The summed E-state index contributed by atoms with van der Waals surface area (Å²) >= 11 is 12.4. The van der Waals surface area contributed by atoms with Crippen LogP contribution in [0, 0.1) is 6.92 Å². The largest absolute Gasteiger partial charge is 0.486 e. The van der Waals surface area contributed by atoms with Crippen molar-refractivity contribution in [1.29, 1.82) is 0 Å². The summed E-state index contributed by atoms with van der Waals surface area (Å²) in [5.74, 6) is -1.89. The van der Waals surface area contributed by atoms with E-state index in [2.05, 4.69) is 10.6 Å². The number of aliphatic carboxylic acids is 1. The maximum Gasteiger partial charge on any atom is 0.312 e. The molecule has 3 N–H and O–H groups in total. The number of halogens is 2. The molecule has 0 aliphatic heterocycles. The third-order valence-electron chi connectivity index (χ3n) is 3.43. The Morgan fingerprint density at radius 3 is 2.18 bits per heavy atom. The van der Waals surface area contributed by atoms with Crippen LogP contribution in [0.15, 0.2) is 30.3 Å². The lowest BCUT2D eigenvalue weighted by atomic mass is 10.1. The van der Waals surface area contributed by atoms with E-state index in [0.717, 1.165) is 11.1 Å². The molecule has 0 radical (unpaired) electrons. The fourth-order valence-corrected chi connectivity index (χ4v) is 3.09. The average Bonchev–Trinajstić information content (AvgIpc) is 2.51. The number of aryl methyl sites for hydroxylation is 1. The summed E-state index contributed by atoms with van der Waals surface area (Å²) in [6.45, 7) is 3.47. The highest BCUT2D eigenvalue weighted by molar-refractivity contribution is 6.37. The van der Waals surface area contributed by atoms with Gasteiger partial charge in [0.25, 0.3) is 0 Å². The Morgan fingerprint density at radius 1 is 1.00 bits per heavy atom. The quantitative estimate of drug-likeness (QED) is 0.576. The van der Waals surface area contributed by atoms with E-state index in [9.17, 15) is 14.4 Å². The Morgan fingerprint density at radius 2 is 1.61 bits per heavy atom. The van der Waals surface area contributed by atoms with E-state index in [1.165, 1.54) is 19.1 Å². The molecule has 148 valence electrons. The lowest BCUT2D eigenvalue weighted by molar-refractivity contribution is -0.139. The highest BCUT2D eigenvalue weighted by atomic mass is 35.5. The number of rotatable bonds is 7. The van der Waals surface area contributed by atoms with Gasteiger partial charge in [-0.15, -0.1) is 0 Å². The predicted octanol–water partition coefficient (Wildman–Crippen LogP) is 4.25. The molecule has 0 saturated carbocycles. The molecular weight excluding hydrogens is 407 g/mol. The van der Waals surface area contributed by atoms with Gasteiger partial charge in [-0.2, -0.15) is 0 Å². The summed E-state index contributed by atoms with van der Waals surface area (Å²) in [4.78, 5) is 33.3. The summed E-state index contributed by atoms with van der Waals surface area (Å²) in [5.41, 5.74) is 2.66. The van der Waals surface area contributed by atoms with Crippen molar-refractivity contribution in [1.82, 2.24) is 0 Å². The van der Waals surface area contributed by atoms with Crippen molar-refractivity contribution in [2.75, 3.05) is 10.6 Å². The molecule has 0 bridgehead atoms.